The second-order valence-corrected chi connectivity index (χ2v) is 5.40. The Hall–Kier alpha value is 0.415. The van der Waals surface area contributed by atoms with Gasteiger partial charge in [-0.3, -0.25) is 0 Å². The third-order valence-electron chi connectivity index (χ3n) is 3.91. The Morgan fingerprint density at radius 1 is 1.57 bits per heavy atom. The maximum atomic E-state index is 3.58. The van der Waals surface area contributed by atoms with Crippen molar-refractivity contribution in [3.8, 4) is 0 Å². The van der Waals surface area contributed by atoms with Gasteiger partial charge in [-0.2, -0.15) is 0 Å². The molecule has 0 aromatic carbocycles. The summed E-state index contributed by atoms with van der Waals surface area (Å²) in [5, 5.41) is 6.80. The standard InChI is InChI=1S/C10H24BN2P/c1-6-4-12-10(11)8(3)9(6)7(2)5-13-14/h6-10,12-13H,4-5,11,14H2,1-3H3. The Kier molecular flexibility index (Phi) is 4.89. The highest BCUT2D eigenvalue weighted by Gasteiger charge is 2.34. The lowest BCUT2D eigenvalue weighted by molar-refractivity contribution is 0.123. The summed E-state index contributed by atoms with van der Waals surface area (Å²) in [5.74, 6) is 3.87. The number of nitrogens with one attached hydrogen (secondary N) is 2. The van der Waals surface area contributed by atoms with Gasteiger partial charge in [-0.15, -0.1) is 0 Å². The second-order valence-electron chi connectivity index (χ2n) is 5.00. The molecule has 14 heavy (non-hydrogen) atoms. The lowest BCUT2D eigenvalue weighted by Crippen LogP contribution is -2.51. The molecule has 82 valence electrons. The van der Waals surface area contributed by atoms with Crippen molar-refractivity contribution in [3.63, 3.8) is 0 Å². The largest absolute Gasteiger partial charge is 0.321 e. The molecule has 0 aromatic rings. The first-order valence-electron chi connectivity index (χ1n) is 5.74. The van der Waals surface area contributed by atoms with Gasteiger partial charge in [-0.25, -0.2) is 0 Å². The smallest absolute Gasteiger partial charge is 0.123 e. The molecule has 0 aliphatic carbocycles. The second kappa shape index (κ2) is 5.49. The molecule has 1 fully saturated rings. The van der Waals surface area contributed by atoms with Crippen molar-refractivity contribution in [1.29, 1.82) is 0 Å². The summed E-state index contributed by atoms with van der Waals surface area (Å²) < 4.78 is 0. The van der Waals surface area contributed by atoms with E-state index >= 15 is 0 Å². The van der Waals surface area contributed by atoms with Crippen molar-refractivity contribution in [2.75, 3.05) is 13.1 Å². The summed E-state index contributed by atoms with van der Waals surface area (Å²) in [6, 6.07) is 0. The van der Waals surface area contributed by atoms with E-state index in [2.05, 4.69) is 48.4 Å². The van der Waals surface area contributed by atoms with Crippen molar-refractivity contribution in [1.82, 2.24) is 10.4 Å². The third kappa shape index (κ3) is 2.71. The minimum atomic E-state index is 0.670. The Bertz CT molecular complexity index is 180. The SMILES string of the molecule is BC1NCC(C)C(C(C)CNP)C1C. The van der Waals surface area contributed by atoms with Crippen LogP contribution >= 0.6 is 9.39 Å². The molecule has 1 saturated heterocycles. The summed E-state index contributed by atoms with van der Waals surface area (Å²) in [7, 11) is 4.92. The van der Waals surface area contributed by atoms with Gasteiger partial charge in [0.25, 0.3) is 0 Å². The van der Waals surface area contributed by atoms with Crippen LogP contribution in [0.4, 0.5) is 0 Å². The molecule has 0 saturated carbocycles. The Labute approximate surface area is 91.7 Å². The van der Waals surface area contributed by atoms with Crippen molar-refractivity contribution in [2.24, 2.45) is 23.7 Å². The molecule has 4 heteroatoms. The molecule has 2 nitrogen and oxygen atoms in total. The Balaban J connectivity index is 2.61. The van der Waals surface area contributed by atoms with E-state index in [0.717, 1.165) is 30.2 Å². The summed E-state index contributed by atoms with van der Waals surface area (Å²) in [4.78, 5) is 0. The van der Waals surface area contributed by atoms with E-state index in [1.165, 1.54) is 6.54 Å². The quantitative estimate of drug-likeness (QED) is 0.526. The highest BCUT2D eigenvalue weighted by molar-refractivity contribution is 7.13. The van der Waals surface area contributed by atoms with Gasteiger partial charge in [0.15, 0.2) is 0 Å². The van der Waals surface area contributed by atoms with Gasteiger partial charge in [-0.1, -0.05) is 30.2 Å². The maximum absolute atomic E-state index is 3.58. The van der Waals surface area contributed by atoms with Crippen LogP contribution in [0.2, 0.25) is 0 Å². The van der Waals surface area contributed by atoms with Crippen LogP contribution in [0.1, 0.15) is 20.8 Å². The van der Waals surface area contributed by atoms with Gasteiger partial charge in [0.05, 0.1) is 0 Å². The minimum absolute atomic E-state index is 0.670. The lowest BCUT2D eigenvalue weighted by Gasteiger charge is -2.43. The monoisotopic (exact) mass is 214 g/mol. The van der Waals surface area contributed by atoms with Crippen molar-refractivity contribution >= 4 is 17.2 Å². The summed E-state index contributed by atoms with van der Waals surface area (Å²) in [6.07, 6.45) is 0. The molecule has 0 bridgehead atoms. The predicted octanol–water partition coefficient (Wildman–Crippen LogP) is 0.453. The zero-order valence-electron chi connectivity index (χ0n) is 9.88. The van der Waals surface area contributed by atoms with Crippen LogP contribution in [0.15, 0.2) is 0 Å². The fraction of sp³-hybridized carbons (Fsp3) is 1.00. The average Bonchev–Trinajstić information content (AvgIpc) is 2.13. The molecule has 1 rings (SSSR count). The van der Waals surface area contributed by atoms with Crippen LogP contribution in [0.3, 0.4) is 0 Å². The van der Waals surface area contributed by atoms with Crippen LogP contribution in [-0.4, -0.2) is 26.9 Å². The van der Waals surface area contributed by atoms with Crippen LogP contribution in [0, 0.1) is 23.7 Å². The molecule has 1 aliphatic heterocycles. The summed E-state index contributed by atoms with van der Waals surface area (Å²) in [6.45, 7) is 9.41. The lowest BCUT2D eigenvalue weighted by atomic mass is 9.65. The van der Waals surface area contributed by atoms with E-state index in [9.17, 15) is 0 Å². The van der Waals surface area contributed by atoms with Crippen molar-refractivity contribution in [2.45, 2.75) is 26.7 Å². The molecule has 1 heterocycles. The fourth-order valence-electron chi connectivity index (χ4n) is 2.95. The molecular weight excluding hydrogens is 190 g/mol. The average molecular weight is 214 g/mol. The van der Waals surface area contributed by atoms with E-state index in [0.29, 0.717) is 5.94 Å². The molecule has 0 spiro atoms. The third-order valence-corrected chi connectivity index (χ3v) is 4.15. The molecule has 0 aromatic heterocycles. The molecule has 2 N–H and O–H groups in total. The zero-order valence-corrected chi connectivity index (χ0v) is 11.0. The van der Waals surface area contributed by atoms with Gasteiger partial charge >= 0.3 is 0 Å². The molecule has 6 atom stereocenters. The number of rotatable bonds is 3. The van der Waals surface area contributed by atoms with Gasteiger partial charge in [0.2, 0.25) is 0 Å². The summed E-state index contributed by atoms with van der Waals surface area (Å²) in [5.41, 5.74) is 0. The van der Waals surface area contributed by atoms with Crippen LogP contribution in [0.25, 0.3) is 0 Å². The van der Waals surface area contributed by atoms with Crippen molar-refractivity contribution in [3.05, 3.63) is 0 Å². The van der Waals surface area contributed by atoms with Gasteiger partial charge < -0.3 is 10.4 Å². The van der Waals surface area contributed by atoms with Crippen LogP contribution in [-0.2, 0) is 0 Å². The number of hydrogen-bond donors (Lipinski definition) is 2. The first-order valence-corrected chi connectivity index (χ1v) is 6.32. The van der Waals surface area contributed by atoms with Gasteiger partial charge in [0.1, 0.15) is 7.85 Å². The first-order chi connectivity index (χ1) is 6.57. The highest BCUT2D eigenvalue weighted by Crippen LogP contribution is 2.33. The molecule has 6 unspecified atom stereocenters. The van der Waals surface area contributed by atoms with E-state index in [-0.39, 0.29) is 0 Å². The zero-order chi connectivity index (χ0) is 10.7. The fourth-order valence-corrected chi connectivity index (χ4v) is 3.32. The van der Waals surface area contributed by atoms with E-state index in [1.54, 1.807) is 0 Å². The van der Waals surface area contributed by atoms with E-state index < -0.39 is 0 Å². The highest BCUT2D eigenvalue weighted by atomic mass is 31.0. The van der Waals surface area contributed by atoms with Gasteiger partial charge in [-0.05, 0) is 36.2 Å². The topological polar surface area (TPSA) is 24.1 Å². The van der Waals surface area contributed by atoms with Crippen LogP contribution in [0.5, 0.6) is 0 Å². The molecule has 0 amide bonds. The first kappa shape index (κ1) is 12.5. The van der Waals surface area contributed by atoms with E-state index in [1.807, 2.05) is 0 Å². The van der Waals surface area contributed by atoms with E-state index in [4.69, 9.17) is 0 Å². The Morgan fingerprint density at radius 2 is 2.21 bits per heavy atom. The summed E-state index contributed by atoms with van der Waals surface area (Å²) >= 11 is 0. The van der Waals surface area contributed by atoms with Gasteiger partial charge in [0, 0.05) is 6.54 Å². The normalized spacial score (nSPS) is 40.9. The molecular formula is C10H24BN2P. The maximum Gasteiger partial charge on any atom is 0.123 e. The van der Waals surface area contributed by atoms with Crippen molar-refractivity contribution < 1.29 is 0 Å². The predicted molar refractivity (Wildman–Crippen MR) is 69.0 cm³/mol. The Morgan fingerprint density at radius 3 is 2.79 bits per heavy atom. The number of hydrogen-bond acceptors (Lipinski definition) is 2. The number of piperidine rings is 1. The molecule has 0 radical (unpaired) electrons. The molecule has 1 aliphatic rings. The minimum Gasteiger partial charge on any atom is -0.321 e. The van der Waals surface area contributed by atoms with Crippen LogP contribution < -0.4 is 10.4 Å².